The maximum atomic E-state index is 12.0. The van der Waals surface area contributed by atoms with Gasteiger partial charge in [-0.25, -0.2) is 9.59 Å². The molecule has 1 saturated heterocycles. The maximum absolute atomic E-state index is 12.0. The molecule has 0 aromatic heterocycles. The second-order valence-electron chi connectivity index (χ2n) is 4.93. The topological polar surface area (TPSA) is 65.1 Å². The number of carbonyl (C=O) groups is 2. The average molecular weight is 293 g/mol. The molecule has 0 spiro atoms. The van der Waals surface area contributed by atoms with Gasteiger partial charge in [-0.3, -0.25) is 4.90 Å². The second-order valence-corrected chi connectivity index (χ2v) is 4.93. The van der Waals surface area contributed by atoms with Gasteiger partial charge >= 0.3 is 12.1 Å². The van der Waals surface area contributed by atoms with E-state index in [1.807, 2.05) is 30.3 Å². The largest absolute Gasteiger partial charge is 0.467 e. The Balaban J connectivity index is 1.92. The first kappa shape index (κ1) is 15.3. The zero-order valence-corrected chi connectivity index (χ0v) is 12.4. The number of hydrogen-bond acceptors (Lipinski definition) is 5. The number of methoxy groups -OCH3 is 2. The molecule has 0 N–H and O–H groups in total. The van der Waals surface area contributed by atoms with Crippen molar-refractivity contribution in [2.45, 2.75) is 25.2 Å². The van der Waals surface area contributed by atoms with Gasteiger partial charge in [0.15, 0.2) is 0 Å². The summed E-state index contributed by atoms with van der Waals surface area (Å²) < 4.78 is 15.2. The van der Waals surface area contributed by atoms with E-state index in [0.717, 1.165) is 5.56 Å². The average Bonchev–Trinajstić information content (AvgIpc) is 2.52. The first-order chi connectivity index (χ1) is 10.0. The van der Waals surface area contributed by atoms with Crippen molar-refractivity contribution >= 4 is 12.1 Å². The third kappa shape index (κ3) is 2.71. The molecule has 0 bridgehead atoms. The van der Waals surface area contributed by atoms with Gasteiger partial charge in [0, 0.05) is 7.11 Å². The lowest BCUT2D eigenvalue weighted by molar-refractivity contribution is -0.198. The Kier molecular flexibility index (Phi) is 4.47. The fraction of sp³-hybridized carbons (Fsp3) is 0.467. The minimum Gasteiger partial charge on any atom is -0.467 e. The molecule has 1 fully saturated rings. The first-order valence-electron chi connectivity index (χ1n) is 6.66. The molecule has 1 aromatic rings. The zero-order valence-electron chi connectivity index (χ0n) is 12.4. The molecule has 0 radical (unpaired) electrons. The summed E-state index contributed by atoms with van der Waals surface area (Å²) in [5.41, 5.74) is -0.189. The van der Waals surface area contributed by atoms with Gasteiger partial charge in [-0.05, 0) is 12.5 Å². The molecule has 1 aliphatic heterocycles. The highest BCUT2D eigenvalue weighted by Gasteiger charge is 2.59. The highest BCUT2D eigenvalue weighted by atomic mass is 16.6. The number of esters is 1. The summed E-state index contributed by atoms with van der Waals surface area (Å²) in [7, 11) is 2.73. The van der Waals surface area contributed by atoms with Crippen LogP contribution >= 0.6 is 0 Å². The van der Waals surface area contributed by atoms with Gasteiger partial charge < -0.3 is 14.2 Å². The van der Waals surface area contributed by atoms with Crippen LogP contribution in [0, 0.1) is 0 Å². The molecule has 2 atom stereocenters. The van der Waals surface area contributed by atoms with Gasteiger partial charge in [0.25, 0.3) is 0 Å². The standard InChI is InChI=1S/C15H19NO5/c1-11-15(20-3,13(17)19-2)10-16(11)14(18)21-9-12-7-5-4-6-8-12/h4-8,11H,9-10H2,1-3H3/t11-,15?/m1/s1. The number of benzene rings is 1. The molecule has 1 heterocycles. The number of carbonyl (C=O) groups excluding carboxylic acids is 2. The van der Waals surface area contributed by atoms with Crippen LogP contribution in [0.5, 0.6) is 0 Å². The van der Waals surface area contributed by atoms with Crippen LogP contribution in [-0.2, 0) is 25.6 Å². The highest BCUT2D eigenvalue weighted by Crippen LogP contribution is 2.34. The van der Waals surface area contributed by atoms with E-state index in [1.54, 1.807) is 6.92 Å². The number of likely N-dealkylation sites (tertiary alicyclic amines) is 1. The predicted octanol–water partition coefficient (Wildman–Crippen LogP) is 1.59. The third-order valence-electron chi connectivity index (χ3n) is 3.88. The Labute approximate surface area is 123 Å². The molecule has 2 rings (SSSR count). The number of amides is 1. The van der Waals surface area contributed by atoms with Crippen molar-refractivity contribution < 1.29 is 23.8 Å². The molecule has 0 saturated carbocycles. The van der Waals surface area contributed by atoms with E-state index in [1.165, 1.54) is 19.1 Å². The fourth-order valence-corrected chi connectivity index (χ4v) is 2.41. The van der Waals surface area contributed by atoms with Crippen LogP contribution < -0.4 is 0 Å². The predicted molar refractivity (Wildman–Crippen MR) is 74.6 cm³/mol. The molecular weight excluding hydrogens is 274 g/mol. The van der Waals surface area contributed by atoms with E-state index in [-0.39, 0.29) is 13.2 Å². The van der Waals surface area contributed by atoms with E-state index in [2.05, 4.69) is 0 Å². The van der Waals surface area contributed by atoms with Crippen LogP contribution in [-0.4, -0.2) is 49.4 Å². The number of rotatable bonds is 4. The van der Waals surface area contributed by atoms with Gasteiger partial charge in [0.05, 0.1) is 19.7 Å². The molecule has 1 amide bonds. The van der Waals surface area contributed by atoms with Gasteiger partial charge in [-0.2, -0.15) is 0 Å². The molecule has 1 aliphatic rings. The van der Waals surface area contributed by atoms with Crippen molar-refractivity contribution in [3.63, 3.8) is 0 Å². The number of nitrogens with zero attached hydrogens (tertiary/aromatic N) is 1. The summed E-state index contributed by atoms with van der Waals surface area (Å²) in [5, 5.41) is 0. The van der Waals surface area contributed by atoms with Crippen LogP contribution in [0.25, 0.3) is 0 Å². The lowest BCUT2D eigenvalue weighted by Crippen LogP contribution is -2.74. The van der Waals surface area contributed by atoms with Gasteiger partial charge in [-0.1, -0.05) is 30.3 Å². The Morgan fingerprint density at radius 2 is 1.95 bits per heavy atom. The normalized spacial score (nSPS) is 24.1. The van der Waals surface area contributed by atoms with Gasteiger partial charge in [-0.15, -0.1) is 0 Å². The van der Waals surface area contributed by atoms with E-state index >= 15 is 0 Å². The van der Waals surface area contributed by atoms with E-state index < -0.39 is 23.7 Å². The van der Waals surface area contributed by atoms with Crippen LogP contribution in [0.15, 0.2) is 30.3 Å². The monoisotopic (exact) mass is 293 g/mol. The lowest BCUT2D eigenvalue weighted by Gasteiger charge is -2.51. The molecule has 114 valence electrons. The SMILES string of the molecule is COC(=O)C1(OC)CN(C(=O)OCc2ccccc2)[C@@H]1C. The van der Waals surface area contributed by atoms with Crippen molar-refractivity contribution in [2.75, 3.05) is 20.8 Å². The van der Waals surface area contributed by atoms with E-state index in [9.17, 15) is 9.59 Å². The summed E-state index contributed by atoms with van der Waals surface area (Å²) in [6, 6.07) is 8.97. The third-order valence-corrected chi connectivity index (χ3v) is 3.88. The summed E-state index contributed by atoms with van der Waals surface area (Å²) in [4.78, 5) is 25.2. The van der Waals surface area contributed by atoms with Crippen molar-refractivity contribution in [1.82, 2.24) is 4.90 Å². The lowest BCUT2D eigenvalue weighted by atomic mass is 9.84. The Hall–Kier alpha value is -2.08. The smallest absolute Gasteiger partial charge is 0.410 e. The van der Waals surface area contributed by atoms with Crippen molar-refractivity contribution in [1.29, 1.82) is 0 Å². The Morgan fingerprint density at radius 1 is 1.29 bits per heavy atom. The highest BCUT2D eigenvalue weighted by molar-refractivity contribution is 5.85. The van der Waals surface area contributed by atoms with Crippen molar-refractivity contribution in [2.24, 2.45) is 0 Å². The van der Waals surface area contributed by atoms with Gasteiger partial charge in [0.2, 0.25) is 5.60 Å². The molecule has 6 nitrogen and oxygen atoms in total. The Morgan fingerprint density at radius 3 is 2.48 bits per heavy atom. The molecule has 1 aromatic carbocycles. The summed E-state index contributed by atoms with van der Waals surface area (Å²) >= 11 is 0. The van der Waals surface area contributed by atoms with Crippen LogP contribution in [0.1, 0.15) is 12.5 Å². The molecule has 1 unspecified atom stereocenters. The van der Waals surface area contributed by atoms with Gasteiger partial charge in [0.1, 0.15) is 6.61 Å². The van der Waals surface area contributed by atoms with Crippen molar-refractivity contribution in [3.05, 3.63) is 35.9 Å². The zero-order chi connectivity index (χ0) is 15.5. The number of ether oxygens (including phenoxy) is 3. The summed E-state index contributed by atoms with van der Waals surface area (Å²) in [6.45, 7) is 2.06. The van der Waals surface area contributed by atoms with Crippen LogP contribution in [0.4, 0.5) is 4.79 Å². The second kappa shape index (κ2) is 6.13. The molecular formula is C15H19NO5. The van der Waals surface area contributed by atoms with E-state index in [0.29, 0.717) is 0 Å². The summed E-state index contributed by atoms with van der Waals surface area (Å²) in [5.74, 6) is -0.482. The molecule has 0 aliphatic carbocycles. The summed E-state index contributed by atoms with van der Waals surface area (Å²) in [6.07, 6.45) is -0.470. The van der Waals surface area contributed by atoms with Crippen LogP contribution in [0.3, 0.4) is 0 Å². The first-order valence-corrected chi connectivity index (χ1v) is 6.66. The maximum Gasteiger partial charge on any atom is 0.410 e. The fourth-order valence-electron chi connectivity index (χ4n) is 2.41. The molecule has 21 heavy (non-hydrogen) atoms. The van der Waals surface area contributed by atoms with Crippen LogP contribution in [0.2, 0.25) is 0 Å². The van der Waals surface area contributed by atoms with E-state index in [4.69, 9.17) is 14.2 Å². The number of hydrogen-bond donors (Lipinski definition) is 0. The van der Waals surface area contributed by atoms with Crippen molar-refractivity contribution in [3.8, 4) is 0 Å². The molecule has 6 heteroatoms. The minimum absolute atomic E-state index is 0.130. The minimum atomic E-state index is -1.10. The Bertz CT molecular complexity index is 518. The quantitative estimate of drug-likeness (QED) is 0.789.